The SMILES string of the molecule is Cc1ccc(C(c2ccc(C)c(N=C3C4=Cc5cc([N+](=O)[O-])ccc5C4=C([N+](=O)[O-])C=C3[N+](=O)[O-])c2)(C(F)(F)F)C(F)(F)F)cc1N=C1C2=Cc3cc([N+](=O)[O-])ccc3C2=C([N+](=O)[O-])C=C1[N+](=O)[O-]. The van der Waals surface area contributed by atoms with Crippen LogP contribution in [-0.2, 0) is 5.41 Å². The van der Waals surface area contributed by atoms with Gasteiger partial charge in [0, 0.05) is 35.4 Å². The summed E-state index contributed by atoms with van der Waals surface area (Å²) in [6, 6.07) is 9.46. The molecule has 0 aromatic heterocycles. The lowest BCUT2D eigenvalue weighted by Gasteiger charge is -2.38. The molecule has 0 radical (unpaired) electrons. The van der Waals surface area contributed by atoms with Gasteiger partial charge in [-0.1, -0.05) is 24.3 Å². The van der Waals surface area contributed by atoms with Crippen LogP contribution in [0.2, 0.25) is 0 Å². The molecular weight excluding hydrogens is 935 g/mol. The first kappa shape index (κ1) is 46.2. The van der Waals surface area contributed by atoms with E-state index in [4.69, 9.17) is 0 Å². The van der Waals surface area contributed by atoms with Crippen LogP contribution in [0.15, 0.2) is 129 Å². The summed E-state index contributed by atoms with van der Waals surface area (Å²) >= 11 is 0. The summed E-state index contributed by atoms with van der Waals surface area (Å²) in [7, 11) is 0. The fraction of sp³-hybridized carbons (Fsp3) is 0.116. The Morgan fingerprint density at radius 1 is 0.449 bits per heavy atom. The van der Waals surface area contributed by atoms with Crippen molar-refractivity contribution in [1.82, 2.24) is 0 Å². The van der Waals surface area contributed by atoms with Crippen LogP contribution in [0.3, 0.4) is 0 Å². The molecule has 0 spiro atoms. The molecule has 0 atom stereocenters. The van der Waals surface area contributed by atoms with Crippen molar-refractivity contribution in [2.24, 2.45) is 9.98 Å². The summed E-state index contributed by atoms with van der Waals surface area (Å²) in [4.78, 5) is 74.9. The van der Waals surface area contributed by atoms with Crippen molar-refractivity contribution in [3.05, 3.63) is 224 Å². The maximum absolute atomic E-state index is 15.8. The number of allylic oxidation sites excluding steroid dienone is 6. The predicted octanol–water partition coefficient (Wildman–Crippen LogP) is 10.2. The topological polar surface area (TPSA) is 284 Å². The molecule has 0 bridgehead atoms. The standard InChI is InChI=1S/C43H22F6N8O12/c1-19-3-5-23(15-31(19)50-39-29-13-21-11-25(52(58)59)7-9-27(21)37(29)33(54(62)63)17-35(39)56(66)67)41(42(44,45)46,43(47,48)49)24-6-4-20(2)32(16-24)51-40-30-14-22-12-26(53(60)61)8-10-28(22)38(30)34(55(64)65)18-36(40)57(68)69/h3-18H,1-2H3. The predicted molar refractivity (Wildman–Crippen MR) is 230 cm³/mol. The van der Waals surface area contributed by atoms with Crippen LogP contribution < -0.4 is 0 Å². The zero-order chi connectivity index (χ0) is 50.4. The molecule has 4 aliphatic rings. The van der Waals surface area contributed by atoms with Crippen LogP contribution in [0.25, 0.3) is 23.3 Å². The molecule has 348 valence electrons. The van der Waals surface area contributed by atoms with Gasteiger partial charge in [0.25, 0.3) is 22.8 Å². The number of rotatable bonds is 10. The largest absolute Gasteiger partial charge is 0.411 e. The Bertz CT molecular complexity index is 3190. The summed E-state index contributed by atoms with van der Waals surface area (Å²) in [6.45, 7) is 2.38. The second kappa shape index (κ2) is 15.9. The third-order valence-electron chi connectivity index (χ3n) is 11.6. The van der Waals surface area contributed by atoms with Crippen LogP contribution in [0, 0.1) is 74.5 Å². The lowest BCUT2D eigenvalue weighted by molar-refractivity contribution is -0.428. The molecule has 4 aromatic carbocycles. The number of nitro groups is 6. The van der Waals surface area contributed by atoms with Gasteiger partial charge in [-0.3, -0.25) is 60.7 Å². The van der Waals surface area contributed by atoms with Gasteiger partial charge in [0.15, 0.2) is 0 Å². The summed E-state index contributed by atoms with van der Waals surface area (Å²) < 4.78 is 94.7. The molecule has 20 nitrogen and oxygen atoms in total. The zero-order valence-electron chi connectivity index (χ0n) is 34.5. The minimum atomic E-state index is -6.31. The Hall–Kier alpha value is -9.36. The number of nitrogens with zero attached hydrogens (tertiary/aromatic N) is 8. The zero-order valence-corrected chi connectivity index (χ0v) is 34.5. The normalized spacial score (nSPS) is 16.5. The number of nitro benzene ring substituents is 2. The van der Waals surface area contributed by atoms with Gasteiger partial charge in [0.1, 0.15) is 11.4 Å². The molecule has 8 rings (SSSR count). The van der Waals surface area contributed by atoms with Crippen molar-refractivity contribution in [1.29, 1.82) is 0 Å². The van der Waals surface area contributed by atoms with Crippen molar-refractivity contribution in [3.8, 4) is 0 Å². The first-order chi connectivity index (χ1) is 32.3. The van der Waals surface area contributed by atoms with E-state index in [-0.39, 0.29) is 44.5 Å². The number of halogens is 6. The second-order valence-corrected chi connectivity index (χ2v) is 15.5. The fourth-order valence-electron chi connectivity index (χ4n) is 8.46. The third-order valence-corrected chi connectivity index (χ3v) is 11.6. The summed E-state index contributed by atoms with van der Waals surface area (Å²) in [6.07, 6.45) is -9.51. The molecule has 4 aliphatic carbocycles. The van der Waals surface area contributed by atoms with Gasteiger partial charge in [-0.25, -0.2) is 9.98 Å². The second-order valence-electron chi connectivity index (χ2n) is 15.5. The van der Waals surface area contributed by atoms with Gasteiger partial charge in [0.2, 0.25) is 5.41 Å². The molecule has 0 fully saturated rings. The molecule has 0 unspecified atom stereocenters. The van der Waals surface area contributed by atoms with E-state index < -0.39 is 127 Å². The summed E-state index contributed by atoms with van der Waals surface area (Å²) in [5.74, 6) is 0. The monoisotopic (exact) mass is 956 g/mol. The molecule has 0 N–H and O–H groups in total. The third kappa shape index (κ3) is 7.29. The van der Waals surface area contributed by atoms with Crippen LogP contribution in [0.4, 0.5) is 49.1 Å². The highest BCUT2D eigenvalue weighted by Crippen LogP contribution is 2.58. The Balaban J connectivity index is 1.34. The van der Waals surface area contributed by atoms with Gasteiger partial charge < -0.3 is 0 Å². The molecule has 4 aromatic rings. The molecule has 0 saturated carbocycles. The van der Waals surface area contributed by atoms with Crippen LogP contribution in [-0.4, -0.2) is 53.3 Å². The highest BCUT2D eigenvalue weighted by atomic mass is 19.4. The molecule has 0 amide bonds. The number of alkyl halides is 6. The van der Waals surface area contributed by atoms with E-state index in [9.17, 15) is 60.7 Å². The highest BCUT2D eigenvalue weighted by Gasteiger charge is 2.72. The molecular formula is C43H22F6N8O12. The minimum Gasteiger partial charge on any atom is -0.258 e. The van der Waals surface area contributed by atoms with E-state index in [0.29, 0.717) is 36.4 Å². The van der Waals surface area contributed by atoms with E-state index in [1.807, 2.05) is 0 Å². The smallest absolute Gasteiger partial charge is 0.258 e. The number of hydrogen-bond donors (Lipinski definition) is 0. The molecule has 69 heavy (non-hydrogen) atoms. The Kier molecular flexibility index (Phi) is 10.7. The van der Waals surface area contributed by atoms with Gasteiger partial charge >= 0.3 is 23.7 Å². The van der Waals surface area contributed by atoms with Crippen molar-refractivity contribution in [2.75, 3.05) is 0 Å². The number of benzene rings is 4. The Morgan fingerprint density at radius 2 is 0.812 bits per heavy atom. The maximum atomic E-state index is 15.8. The van der Waals surface area contributed by atoms with E-state index in [1.54, 1.807) is 0 Å². The number of fused-ring (bicyclic) bond motifs is 6. The van der Waals surface area contributed by atoms with E-state index in [2.05, 4.69) is 9.98 Å². The number of aliphatic imine (C=N–C) groups is 2. The summed E-state index contributed by atoms with van der Waals surface area (Å²) in [5, 5.41) is 72.4. The Morgan fingerprint density at radius 3 is 1.12 bits per heavy atom. The lowest BCUT2D eigenvalue weighted by atomic mass is 9.72. The first-order valence-electron chi connectivity index (χ1n) is 19.3. The van der Waals surface area contributed by atoms with E-state index in [0.717, 1.165) is 60.7 Å². The maximum Gasteiger partial charge on any atom is 0.411 e. The van der Waals surface area contributed by atoms with E-state index in [1.165, 1.54) is 13.8 Å². The Labute approximate surface area is 378 Å². The molecule has 0 saturated heterocycles. The van der Waals surface area contributed by atoms with Crippen LogP contribution in [0.1, 0.15) is 44.5 Å². The first-order valence-corrected chi connectivity index (χ1v) is 19.3. The van der Waals surface area contributed by atoms with Crippen molar-refractivity contribution in [3.63, 3.8) is 0 Å². The van der Waals surface area contributed by atoms with Crippen LogP contribution >= 0.6 is 0 Å². The lowest BCUT2D eigenvalue weighted by Crippen LogP contribution is -2.54. The average Bonchev–Trinajstić information content (AvgIpc) is 3.83. The minimum absolute atomic E-state index is 0.0247. The summed E-state index contributed by atoms with van der Waals surface area (Å²) in [5.41, 5.74) is -17.9. The average molecular weight is 957 g/mol. The highest BCUT2D eigenvalue weighted by molar-refractivity contribution is 6.29. The molecule has 26 heteroatoms. The van der Waals surface area contributed by atoms with E-state index >= 15 is 26.3 Å². The van der Waals surface area contributed by atoms with Gasteiger partial charge in [-0.2, -0.15) is 26.3 Å². The fourth-order valence-corrected chi connectivity index (χ4v) is 8.46. The number of aryl methyl sites for hydroxylation is 2. The van der Waals surface area contributed by atoms with Gasteiger partial charge in [-0.05, 0) is 94.8 Å². The number of non-ortho nitro benzene ring substituents is 2. The van der Waals surface area contributed by atoms with Crippen molar-refractivity contribution in [2.45, 2.75) is 31.6 Å². The van der Waals surface area contributed by atoms with Gasteiger partial charge in [-0.15, -0.1) is 0 Å². The molecule has 0 heterocycles. The van der Waals surface area contributed by atoms with Gasteiger partial charge in [0.05, 0.1) is 64.2 Å². The van der Waals surface area contributed by atoms with Crippen molar-refractivity contribution >= 4 is 57.5 Å². The van der Waals surface area contributed by atoms with Crippen molar-refractivity contribution < 1.29 is 55.9 Å². The number of hydrogen-bond acceptors (Lipinski definition) is 14. The van der Waals surface area contributed by atoms with Crippen LogP contribution in [0.5, 0.6) is 0 Å². The quantitative estimate of drug-likeness (QED) is 0.0815. The molecule has 0 aliphatic heterocycles.